The quantitative estimate of drug-likeness (QED) is 0.544. The van der Waals surface area contributed by atoms with Crippen molar-refractivity contribution in [1.29, 1.82) is 0 Å². The van der Waals surface area contributed by atoms with Crippen molar-refractivity contribution in [3.8, 4) is 0 Å². The molecule has 0 aromatic heterocycles. The first-order valence-corrected chi connectivity index (χ1v) is 5.54. The molecule has 0 aliphatic carbocycles. The van der Waals surface area contributed by atoms with Crippen LogP contribution >= 0.6 is 0 Å². The van der Waals surface area contributed by atoms with Gasteiger partial charge in [-0.15, -0.1) is 0 Å². The van der Waals surface area contributed by atoms with Gasteiger partial charge in [-0.1, -0.05) is 65.5 Å². The highest BCUT2D eigenvalue weighted by Gasteiger charge is 2.17. The molecule has 0 nitrogen and oxygen atoms in total. The molecular formula is C14H26. The topological polar surface area (TPSA) is 0 Å². The van der Waals surface area contributed by atoms with Crippen LogP contribution in [-0.4, -0.2) is 0 Å². The van der Waals surface area contributed by atoms with E-state index in [1.165, 1.54) is 5.57 Å². The minimum absolute atomic E-state index is 0.251. The average molecular weight is 194 g/mol. The van der Waals surface area contributed by atoms with E-state index in [4.69, 9.17) is 0 Å². The highest BCUT2D eigenvalue weighted by atomic mass is 14.2. The lowest BCUT2D eigenvalue weighted by molar-refractivity contribution is 0.440. The monoisotopic (exact) mass is 194 g/mol. The van der Waals surface area contributed by atoms with E-state index in [9.17, 15) is 0 Å². The van der Waals surface area contributed by atoms with Gasteiger partial charge in [-0.2, -0.15) is 0 Å². The van der Waals surface area contributed by atoms with E-state index in [1.54, 1.807) is 0 Å². The van der Waals surface area contributed by atoms with E-state index in [-0.39, 0.29) is 5.41 Å². The third-order valence-corrected chi connectivity index (χ3v) is 2.35. The van der Waals surface area contributed by atoms with Crippen LogP contribution in [0.1, 0.15) is 48.0 Å². The Morgan fingerprint density at radius 3 is 2.07 bits per heavy atom. The molecule has 0 spiro atoms. The van der Waals surface area contributed by atoms with Crippen LogP contribution in [-0.2, 0) is 0 Å². The van der Waals surface area contributed by atoms with Gasteiger partial charge in [0.25, 0.3) is 0 Å². The lowest BCUT2D eigenvalue weighted by Crippen LogP contribution is -2.11. The molecule has 14 heavy (non-hydrogen) atoms. The Balaban J connectivity index is 0. The maximum Gasteiger partial charge on any atom is -0.0106 e. The maximum absolute atomic E-state index is 3.83. The molecule has 0 saturated carbocycles. The molecular weight excluding hydrogens is 168 g/mol. The van der Waals surface area contributed by atoms with E-state index in [0.29, 0.717) is 0 Å². The first kappa shape index (κ1) is 15.7. The van der Waals surface area contributed by atoms with Crippen LogP contribution < -0.4 is 0 Å². The average Bonchev–Trinajstić information content (AvgIpc) is 2.22. The summed E-state index contributed by atoms with van der Waals surface area (Å²) in [5, 5.41) is 0. The van der Waals surface area contributed by atoms with Gasteiger partial charge in [-0.05, 0) is 24.3 Å². The van der Waals surface area contributed by atoms with Crippen molar-refractivity contribution >= 4 is 0 Å². The van der Waals surface area contributed by atoms with Crippen molar-refractivity contribution < 1.29 is 0 Å². The third kappa shape index (κ3) is 5.80. The molecule has 0 unspecified atom stereocenters. The SMILES string of the molecule is C=C/C(=C\C=C/C)C(C)(C)CC.CC. The highest BCUT2D eigenvalue weighted by molar-refractivity contribution is 5.27. The molecule has 0 N–H and O–H groups in total. The Kier molecular flexibility index (Phi) is 9.86. The van der Waals surface area contributed by atoms with E-state index < -0.39 is 0 Å². The lowest BCUT2D eigenvalue weighted by atomic mass is 9.81. The van der Waals surface area contributed by atoms with Crippen LogP contribution in [0.5, 0.6) is 0 Å². The predicted octanol–water partition coefficient (Wildman–Crippen LogP) is 5.14. The number of rotatable bonds is 4. The molecule has 0 amide bonds. The molecule has 0 heterocycles. The minimum atomic E-state index is 0.251. The van der Waals surface area contributed by atoms with Crippen LogP contribution in [0.25, 0.3) is 0 Å². The van der Waals surface area contributed by atoms with Crippen molar-refractivity contribution in [2.24, 2.45) is 5.41 Å². The lowest BCUT2D eigenvalue weighted by Gasteiger charge is -2.23. The smallest absolute Gasteiger partial charge is 0.0106 e. The van der Waals surface area contributed by atoms with Crippen molar-refractivity contribution in [3.05, 3.63) is 36.5 Å². The molecule has 0 rings (SSSR count). The van der Waals surface area contributed by atoms with Gasteiger partial charge in [0.1, 0.15) is 0 Å². The highest BCUT2D eigenvalue weighted by Crippen LogP contribution is 2.30. The van der Waals surface area contributed by atoms with Gasteiger partial charge in [-0.3, -0.25) is 0 Å². The van der Waals surface area contributed by atoms with Gasteiger partial charge < -0.3 is 0 Å². The van der Waals surface area contributed by atoms with E-state index in [2.05, 4.69) is 39.5 Å². The van der Waals surface area contributed by atoms with Crippen LogP contribution in [0.2, 0.25) is 0 Å². The van der Waals surface area contributed by atoms with Gasteiger partial charge in [0.2, 0.25) is 0 Å². The van der Waals surface area contributed by atoms with Crippen LogP contribution in [0.15, 0.2) is 36.5 Å². The second-order valence-corrected chi connectivity index (χ2v) is 3.59. The van der Waals surface area contributed by atoms with Gasteiger partial charge in [0, 0.05) is 0 Å². The van der Waals surface area contributed by atoms with Crippen molar-refractivity contribution in [2.45, 2.75) is 48.0 Å². The summed E-state index contributed by atoms with van der Waals surface area (Å²) >= 11 is 0. The second kappa shape index (κ2) is 8.80. The molecule has 0 heteroatoms. The molecule has 0 aliphatic rings. The summed E-state index contributed by atoms with van der Waals surface area (Å²) in [4.78, 5) is 0. The van der Waals surface area contributed by atoms with Crippen molar-refractivity contribution in [1.82, 2.24) is 0 Å². The van der Waals surface area contributed by atoms with Crippen molar-refractivity contribution in [2.75, 3.05) is 0 Å². The Morgan fingerprint density at radius 1 is 1.29 bits per heavy atom. The summed E-state index contributed by atoms with van der Waals surface area (Å²) in [5.41, 5.74) is 1.56. The van der Waals surface area contributed by atoms with Crippen molar-refractivity contribution in [3.63, 3.8) is 0 Å². The zero-order valence-electron chi connectivity index (χ0n) is 10.7. The Bertz CT molecular complexity index is 192. The van der Waals surface area contributed by atoms with Crippen LogP contribution in [0.3, 0.4) is 0 Å². The molecule has 0 aliphatic heterocycles. The molecule has 0 bridgehead atoms. The largest absolute Gasteiger partial charge is 0.0988 e. The van der Waals surface area contributed by atoms with Crippen LogP contribution in [0, 0.1) is 5.41 Å². The standard InChI is InChI=1S/C12H20.C2H6/c1-6-9-10-11(7-2)12(4,5)8-3;1-2/h6-7,9-10H,2,8H2,1,3-5H3;1-2H3/b9-6-,11-10+;. The van der Waals surface area contributed by atoms with Gasteiger partial charge in [0.05, 0.1) is 0 Å². The summed E-state index contributed by atoms with van der Waals surface area (Å²) in [7, 11) is 0. The molecule has 0 fully saturated rings. The van der Waals surface area contributed by atoms with Gasteiger partial charge in [0.15, 0.2) is 0 Å². The molecule has 0 aromatic rings. The Morgan fingerprint density at radius 2 is 1.79 bits per heavy atom. The first-order valence-electron chi connectivity index (χ1n) is 5.54. The van der Waals surface area contributed by atoms with Crippen LogP contribution in [0.4, 0.5) is 0 Å². The number of hydrogen-bond acceptors (Lipinski definition) is 0. The summed E-state index contributed by atoms with van der Waals surface area (Å²) in [5.74, 6) is 0. The first-order chi connectivity index (χ1) is 6.58. The Labute approximate surface area is 90.4 Å². The summed E-state index contributed by atoms with van der Waals surface area (Å²) in [6.07, 6.45) is 9.33. The fourth-order valence-corrected chi connectivity index (χ4v) is 0.974. The summed E-state index contributed by atoms with van der Waals surface area (Å²) < 4.78 is 0. The molecule has 0 aromatic carbocycles. The molecule has 0 saturated heterocycles. The van der Waals surface area contributed by atoms with E-state index in [0.717, 1.165) is 6.42 Å². The zero-order valence-corrected chi connectivity index (χ0v) is 10.7. The minimum Gasteiger partial charge on any atom is -0.0988 e. The summed E-state index contributed by atoms with van der Waals surface area (Å²) in [6.45, 7) is 16.5. The van der Waals surface area contributed by atoms with Gasteiger partial charge in [-0.25, -0.2) is 0 Å². The maximum atomic E-state index is 3.83. The predicted molar refractivity (Wildman–Crippen MR) is 68.5 cm³/mol. The molecule has 0 radical (unpaired) electrons. The second-order valence-electron chi connectivity index (χ2n) is 3.59. The van der Waals surface area contributed by atoms with E-state index >= 15 is 0 Å². The third-order valence-electron chi connectivity index (χ3n) is 2.35. The number of allylic oxidation sites excluding steroid dienone is 5. The van der Waals surface area contributed by atoms with E-state index in [1.807, 2.05) is 32.9 Å². The molecule has 0 atom stereocenters. The Hall–Kier alpha value is -0.780. The zero-order chi connectivity index (χ0) is 11.6. The fraction of sp³-hybridized carbons (Fsp3) is 0.571. The normalized spacial score (nSPS) is 12.3. The van der Waals surface area contributed by atoms with Gasteiger partial charge >= 0.3 is 0 Å². The molecule has 82 valence electrons. The number of hydrogen-bond donors (Lipinski definition) is 0. The summed E-state index contributed by atoms with van der Waals surface area (Å²) in [6, 6.07) is 0. The fourth-order valence-electron chi connectivity index (χ4n) is 0.974.